The van der Waals surface area contributed by atoms with Crippen molar-refractivity contribution < 1.29 is 14.7 Å². The number of carbonyl (C=O) groups is 2. The monoisotopic (exact) mass is 283 g/mol. The zero-order valence-electron chi connectivity index (χ0n) is 11.1. The van der Waals surface area contributed by atoms with Crippen LogP contribution in [0.15, 0.2) is 24.3 Å². The molecule has 104 valence electrons. The molecule has 0 heterocycles. The summed E-state index contributed by atoms with van der Waals surface area (Å²) in [4.78, 5) is 21.9. The average molecular weight is 284 g/mol. The molecule has 1 aromatic rings. The summed E-state index contributed by atoms with van der Waals surface area (Å²) in [7, 11) is 0. The van der Waals surface area contributed by atoms with Crippen LogP contribution in [0.25, 0.3) is 0 Å². The maximum Gasteiger partial charge on any atom is 0.307 e. The van der Waals surface area contributed by atoms with Crippen molar-refractivity contribution in [1.82, 2.24) is 5.32 Å². The van der Waals surface area contributed by atoms with Gasteiger partial charge in [0.05, 0.1) is 6.42 Å². The van der Waals surface area contributed by atoms with E-state index in [1.54, 1.807) is 12.1 Å². The van der Waals surface area contributed by atoms with Crippen LogP contribution in [0.5, 0.6) is 0 Å². The van der Waals surface area contributed by atoms with Crippen molar-refractivity contribution in [3.63, 3.8) is 0 Å². The van der Waals surface area contributed by atoms with Crippen molar-refractivity contribution in [2.45, 2.75) is 32.2 Å². The number of hydrogen-bond donors (Lipinski definition) is 2. The first-order valence-corrected chi connectivity index (χ1v) is 6.52. The number of amides is 1. The second-order valence-corrected chi connectivity index (χ2v) is 5.40. The van der Waals surface area contributed by atoms with Gasteiger partial charge in [0.2, 0.25) is 5.91 Å². The first kappa shape index (κ1) is 15.5. The van der Waals surface area contributed by atoms with Crippen molar-refractivity contribution in [3.05, 3.63) is 35.4 Å². The molecule has 0 fully saturated rings. The Kier molecular flexibility index (Phi) is 5.36. The van der Waals surface area contributed by atoms with E-state index in [0.717, 1.165) is 11.1 Å². The lowest BCUT2D eigenvalue weighted by molar-refractivity contribution is -0.136. The molecular weight excluding hydrogens is 266 g/mol. The summed E-state index contributed by atoms with van der Waals surface area (Å²) in [6, 6.07) is 7.35. The van der Waals surface area contributed by atoms with Crippen LogP contribution in [-0.4, -0.2) is 28.4 Å². The largest absolute Gasteiger partial charge is 0.481 e. The van der Waals surface area contributed by atoms with Crippen LogP contribution in [0.3, 0.4) is 0 Å². The third kappa shape index (κ3) is 5.75. The van der Waals surface area contributed by atoms with Crippen molar-refractivity contribution in [3.8, 4) is 0 Å². The van der Waals surface area contributed by atoms with E-state index in [1.807, 2.05) is 26.0 Å². The first-order valence-electron chi connectivity index (χ1n) is 5.99. The number of halogens is 1. The van der Waals surface area contributed by atoms with Gasteiger partial charge in [-0.2, -0.15) is 0 Å². The number of hydrogen-bond acceptors (Lipinski definition) is 2. The summed E-state index contributed by atoms with van der Waals surface area (Å²) in [5, 5.41) is 11.5. The number of rotatable bonds is 6. The highest BCUT2D eigenvalue weighted by atomic mass is 35.5. The van der Waals surface area contributed by atoms with Gasteiger partial charge in [-0.3, -0.25) is 9.59 Å². The van der Waals surface area contributed by atoms with E-state index in [0.29, 0.717) is 6.42 Å². The van der Waals surface area contributed by atoms with Crippen LogP contribution < -0.4 is 5.32 Å². The van der Waals surface area contributed by atoms with Gasteiger partial charge in [0.1, 0.15) is 5.88 Å². The predicted molar refractivity (Wildman–Crippen MR) is 74.4 cm³/mol. The van der Waals surface area contributed by atoms with Gasteiger partial charge in [0.25, 0.3) is 0 Å². The number of nitrogens with one attached hydrogen (secondary N) is 1. The minimum atomic E-state index is -0.845. The van der Waals surface area contributed by atoms with E-state index in [-0.39, 0.29) is 23.7 Å². The summed E-state index contributed by atoms with van der Waals surface area (Å²) in [6.07, 6.45) is 0.676. The number of benzene rings is 1. The van der Waals surface area contributed by atoms with E-state index in [2.05, 4.69) is 5.32 Å². The lowest BCUT2D eigenvalue weighted by Crippen LogP contribution is -2.45. The van der Waals surface area contributed by atoms with E-state index in [4.69, 9.17) is 16.7 Å². The molecule has 0 aliphatic carbocycles. The fraction of sp³-hybridized carbons (Fsp3) is 0.429. The molecule has 5 heteroatoms. The minimum absolute atomic E-state index is 0.0205. The Morgan fingerprint density at radius 2 is 1.74 bits per heavy atom. The van der Waals surface area contributed by atoms with E-state index < -0.39 is 5.97 Å². The standard InChI is InChI=1S/C14H18ClNO3/c1-14(2,16-12(17)9-15)8-11-5-3-10(4-6-11)7-13(18)19/h3-6H,7-9H2,1-2H3,(H,16,17)(H,18,19). The molecule has 1 aromatic carbocycles. The Morgan fingerprint density at radius 1 is 1.21 bits per heavy atom. The quantitative estimate of drug-likeness (QED) is 0.785. The van der Waals surface area contributed by atoms with Crippen molar-refractivity contribution in [2.75, 3.05) is 5.88 Å². The molecular formula is C14H18ClNO3. The van der Waals surface area contributed by atoms with Crippen LogP contribution >= 0.6 is 11.6 Å². The Bertz CT molecular complexity index is 454. The molecule has 0 spiro atoms. The smallest absolute Gasteiger partial charge is 0.307 e. The van der Waals surface area contributed by atoms with Crippen LogP contribution in [0.1, 0.15) is 25.0 Å². The highest BCUT2D eigenvalue weighted by molar-refractivity contribution is 6.27. The fourth-order valence-electron chi connectivity index (χ4n) is 1.91. The molecule has 0 saturated carbocycles. The minimum Gasteiger partial charge on any atom is -0.481 e. The lowest BCUT2D eigenvalue weighted by atomic mass is 9.94. The SMILES string of the molecule is CC(C)(Cc1ccc(CC(=O)O)cc1)NC(=O)CCl. The third-order valence-electron chi connectivity index (χ3n) is 2.62. The Balaban J connectivity index is 2.66. The van der Waals surface area contributed by atoms with Gasteiger partial charge in [-0.05, 0) is 31.4 Å². The van der Waals surface area contributed by atoms with Gasteiger partial charge < -0.3 is 10.4 Å². The molecule has 0 unspecified atom stereocenters. The molecule has 0 aliphatic rings. The Labute approximate surface area is 117 Å². The van der Waals surface area contributed by atoms with Gasteiger partial charge in [-0.25, -0.2) is 0 Å². The van der Waals surface area contributed by atoms with Crippen LogP contribution in [-0.2, 0) is 22.4 Å². The van der Waals surface area contributed by atoms with Crippen molar-refractivity contribution >= 4 is 23.5 Å². The number of carboxylic acid groups (broad SMARTS) is 1. The highest BCUT2D eigenvalue weighted by Gasteiger charge is 2.20. The van der Waals surface area contributed by atoms with Gasteiger partial charge in [-0.1, -0.05) is 24.3 Å². The van der Waals surface area contributed by atoms with Gasteiger partial charge in [-0.15, -0.1) is 11.6 Å². The average Bonchev–Trinajstić information content (AvgIpc) is 2.30. The third-order valence-corrected chi connectivity index (χ3v) is 2.87. The topological polar surface area (TPSA) is 66.4 Å². The molecule has 2 N–H and O–H groups in total. The summed E-state index contributed by atoms with van der Waals surface area (Å²) in [5.41, 5.74) is 1.41. The second-order valence-electron chi connectivity index (χ2n) is 5.13. The number of carboxylic acids is 1. The van der Waals surface area contributed by atoms with Crippen LogP contribution in [0.4, 0.5) is 0 Å². The van der Waals surface area contributed by atoms with E-state index in [1.165, 1.54) is 0 Å². The zero-order chi connectivity index (χ0) is 14.5. The summed E-state index contributed by atoms with van der Waals surface area (Å²) >= 11 is 5.46. The molecule has 1 rings (SSSR count). The zero-order valence-corrected chi connectivity index (χ0v) is 11.8. The molecule has 1 amide bonds. The molecule has 0 atom stereocenters. The van der Waals surface area contributed by atoms with Crippen LogP contribution in [0.2, 0.25) is 0 Å². The maximum absolute atomic E-state index is 11.3. The van der Waals surface area contributed by atoms with Gasteiger partial charge in [0.15, 0.2) is 0 Å². The normalized spacial score (nSPS) is 11.1. The number of aliphatic carboxylic acids is 1. The van der Waals surface area contributed by atoms with Crippen LogP contribution in [0, 0.1) is 0 Å². The molecule has 0 radical (unpaired) electrons. The molecule has 19 heavy (non-hydrogen) atoms. The maximum atomic E-state index is 11.3. The summed E-state index contributed by atoms with van der Waals surface area (Å²) < 4.78 is 0. The molecule has 0 aromatic heterocycles. The summed E-state index contributed by atoms with van der Waals surface area (Å²) in [6.45, 7) is 3.84. The molecule has 0 aliphatic heterocycles. The van der Waals surface area contributed by atoms with E-state index in [9.17, 15) is 9.59 Å². The fourth-order valence-corrected chi connectivity index (χ4v) is 1.98. The molecule has 0 bridgehead atoms. The summed E-state index contributed by atoms with van der Waals surface area (Å²) in [5.74, 6) is -1.10. The predicted octanol–water partition coefficient (Wildman–Crippen LogP) is 1.99. The van der Waals surface area contributed by atoms with Gasteiger partial charge in [0, 0.05) is 5.54 Å². The number of carbonyl (C=O) groups excluding carboxylic acids is 1. The van der Waals surface area contributed by atoms with Crippen molar-refractivity contribution in [2.24, 2.45) is 0 Å². The Morgan fingerprint density at radius 3 is 2.21 bits per heavy atom. The highest BCUT2D eigenvalue weighted by Crippen LogP contribution is 2.14. The number of alkyl halides is 1. The lowest BCUT2D eigenvalue weighted by Gasteiger charge is -2.26. The van der Waals surface area contributed by atoms with Gasteiger partial charge >= 0.3 is 5.97 Å². The molecule has 4 nitrogen and oxygen atoms in total. The second kappa shape index (κ2) is 6.57. The first-order chi connectivity index (χ1) is 8.82. The van der Waals surface area contributed by atoms with E-state index >= 15 is 0 Å². The van der Waals surface area contributed by atoms with Crippen molar-refractivity contribution in [1.29, 1.82) is 0 Å². The molecule has 0 saturated heterocycles. The Hall–Kier alpha value is -1.55.